The summed E-state index contributed by atoms with van der Waals surface area (Å²) in [4.78, 5) is 35.9. The molecule has 0 saturated carbocycles. The Kier molecular flexibility index (Phi) is 5.56. The smallest absolute Gasteiger partial charge is 0.324 e. The topological polar surface area (TPSA) is 115 Å². The average molecular weight is 404 g/mol. The molecule has 0 saturated heterocycles. The zero-order chi connectivity index (χ0) is 14.0. The first kappa shape index (κ1) is 16.3. The van der Waals surface area contributed by atoms with Gasteiger partial charge in [0.05, 0.1) is 0 Å². The van der Waals surface area contributed by atoms with Crippen LogP contribution in [-0.4, -0.2) is 25.0 Å². The van der Waals surface area contributed by atoms with E-state index in [9.17, 15) is 9.13 Å². The van der Waals surface area contributed by atoms with Crippen molar-refractivity contribution in [2.45, 2.75) is 18.2 Å². The van der Waals surface area contributed by atoms with Crippen LogP contribution in [0.1, 0.15) is 12.0 Å². The lowest BCUT2D eigenvalue weighted by Gasteiger charge is -2.19. The van der Waals surface area contributed by atoms with Crippen molar-refractivity contribution in [2.24, 2.45) is 0 Å². The Morgan fingerprint density at radius 1 is 1.11 bits per heavy atom. The minimum Gasteiger partial charge on any atom is -0.324 e. The molecule has 9 heteroatoms. The van der Waals surface area contributed by atoms with Gasteiger partial charge in [-0.25, -0.2) is 0 Å². The van der Waals surface area contributed by atoms with Crippen LogP contribution in [0.5, 0.6) is 0 Å². The third kappa shape index (κ3) is 5.09. The van der Waals surface area contributed by atoms with Crippen molar-refractivity contribution >= 4 is 37.8 Å². The molecule has 1 rings (SSSR count). The number of aryl methyl sites for hydroxylation is 1. The SMILES string of the molecule is O=P(O)(O)C(CCc1cccc([125I])c1)P(=O)(O)O. The highest BCUT2D eigenvalue weighted by Crippen LogP contribution is 2.61. The van der Waals surface area contributed by atoms with E-state index in [-0.39, 0.29) is 12.8 Å². The fourth-order valence-electron chi connectivity index (χ4n) is 1.52. The van der Waals surface area contributed by atoms with Crippen molar-refractivity contribution < 1.29 is 28.7 Å². The Morgan fingerprint density at radius 2 is 1.67 bits per heavy atom. The Hall–Kier alpha value is 0.250. The molecule has 0 unspecified atom stereocenters. The zero-order valence-corrected chi connectivity index (χ0v) is 13.1. The normalized spacial score (nSPS) is 13.0. The van der Waals surface area contributed by atoms with Crippen LogP contribution in [0.2, 0.25) is 0 Å². The largest absolute Gasteiger partial charge is 0.340 e. The van der Waals surface area contributed by atoms with Crippen LogP contribution in [-0.2, 0) is 15.6 Å². The predicted molar refractivity (Wildman–Crippen MR) is 75.4 cm³/mol. The second-order valence-electron chi connectivity index (χ2n) is 3.83. The van der Waals surface area contributed by atoms with Gasteiger partial charge in [-0.1, -0.05) is 12.1 Å². The molecule has 4 N–H and O–H groups in total. The molecule has 0 aliphatic carbocycles. The first-order valence-corrected chi connectivity index (χ1v) is 9.40. The summed E-state index contributed by atoms with van der Waals surface area (Å²) in [5.41, 5.74) is 0.786. The van der Waals surface area contributed by atoms with Gasteiger partial charge in [0.25, 0.3) is 0 Å². The molecule has 0 spiro atoms. The molecule has 0 amide bonds. The second kappa shape index (κ2) is 6.13. The van der Waals surface area contributed by atoms with E-state index in [2.05, 4.69) is 22.6 Å². The van der Waals surface area contributed by atoms with E-state index >= 15 is 0 Å². The number of rotatable bonds is 5. The molecule has 102 valence electrons. The van der Waals surface area contributed by atoms with Crippen molar-refractivity contribution in [1.29, 1.82) is 0 Å². The zero-order valence-electron chi connectivity index (χ0n) is 9.18. The molecule has 6 nitrogen and oxygen atoms in total. The van der Waals surface area contributed by atoms with Crippen molar-refractivity contribution in [1.82, 2.24) is 0 Å². The third-order valence-electron chi connectivity index (χ3n) is 2.36. The molecule has 1 aromatic rings. The average Bonchev–Trinajstić information content (AvgIpc) is 2.13. The summed E-state index contributed by atoms with van der Waals surface area (Å²) in [6.45, 7) is 0. The highest BCUT2D eigenvalue weighted by atomic mass is 125. The highest BCUT2D eigenvalue weighted by molar-refractivity contribution is 14.1. The molecule has 1 aromatic carbocycles. The summed E-state index contributed by atoms with van der Waals surface area (Å²) < 4.78 is 23.1. The van der Waals surface area contributed by atoms with Crippen LogP contribution in [0.4, 0.5) is 0 Å². The highest BCUT2D eigenvalue weighted by Gasteiger charge is 2.42. The molecular formula is C9H13IO6P2. The molecule has 0 aliphatic heterocycles. The van der Waals surface area contributed by atoms with E-state index in [1.54, 1.807) is 18.2 Å². The Labute approximate surface area is 118 Å². The van der Waals surface area contributed by atoms with Crippen molar-refractivity contribution in [3.8, 4) is 0 Å². The summed E-state index contributed by atoms with van der Waals surface area (Å²) in [6, 6.07) is 7.18. The lowest BCUT2D eigenvalue weighted by Crippen LogP contribution is -2.10. The lowest BCUT2D eigenvalue weighted by molar-refractivity contribution is 0.335. The molecule has 0 aliphatic rings. The summed E-state index contributed by atoms with van der Waals surface area (Å²) in [6.07, 6.45) is -0.0492. The fraction of sp³-hybridized carbons (Fsp3) is 0.333. The Balaban J connectivity index is 2.82. The van der Waals surface area contributed by atoms with Gasteiger partial charge in [0, 0.05) is 3.57 Å². The fourth-order valence-corrected chi connectivity index (χ4v) is 4.63. The molecule has 0 heterocycles. The van der Waals surface area contributed by atoms with E-state index in [1.165, 1.54) is 0 Å². The van der Waals surface area contributed by atoms with Gasteiger partial charge in [-0.3, -0.25) is 9.13 Å². The predicted octanol–water partition coefficient (Wildman–Crippen LogP) is 1.91. The van der Waals surface area contributed by atoms with Crippen LogP contribution in [0, 0.1) is 3.57 Å². The number of hydrogen-bond acceptors (Lipinski definition) is 2. The van der Waals surface area contributed by atoms with Crippen LogP contribution in [0.3, 0.4) is 0 Å². The van der Waals surface area contributed by atoms with Crippen molar-refractivity contribution in [3.05, 3.63) is 33.4 Å². The first-order chi connectivity index (χ1) is 8.10. The van der Waals surface area contributed by atoms with Gasteiger partial charge < -0.3 is 19.6 Å². The number of halogens is 1. The van der Waals surface area contributed by atoms with E-state index in [4.69, 9.17) is 19.6 Å². The Morgan fingerprint density at radius 3 is 2.11 bits per heavy atom. The molecule has 0 bridgehead atoms. The molecule has 0 radical (unpaired) electrons. The Bertz CT molecular complexity index is 486. The van der Waals surface area contributed by atoms with Crippen molar-refractivity contribution in [2.75, 3.05) is 0 Å². The van der Waals surface area contributed by atoms with Crippen LogP contribution in [0.15, 0.2) is 24.3 Å². The van der Waals surface area contributed by atoms with Gasteiger partial charge in [-0.05, 0) is 53.1 Å². The van der Waals surface area contributed by atoms with Crippen LogP contribution in [0.25, 0.3) is 0 Å². The van der Waals surface area contributed by atoms with Crippen LogP contribution >= 0.6 is 37.8 Å². The molecule has 18 heavy (non-hydrogen) atoms. The third-order valence-corrected chi connectivity index (χ3v) is 6.90. The van der Waals surface area contributed by atoms with E-state index in [1.807, 2.05) is 6.07 Å². The van der Waals surface area contributed by atoms with Gasteiger partial charge >= 0.3 is 15.2 Å². The quantitative estimate of drug-likeness (QED) is 0.441. The minimum atomic E-state index is -4.81. The van der Waals surface area contributed by atoms with Crippen molar-refractivity contribution in [3.63, 3.8) is 0 Å². The van der Waals surface area contributed by atoms with Crippen LogP contribution < -0.4 is 0 Å². The maximum Gasteiger partial charge on any atom is 0.340 e. The second-order valence-corrected chi connectivity index (χ2v) is 9.08. The van der Waals surface area contributed by atoms with E-state index < -0.39 is 20.6 Å². The minimum absolute atomic E-state index is 0.206. The van der Waals surface area contributed by atoms with Gasteiger partial charge in [-0.2, -0.15) is 0 Å². The standard InChI is InChI=1S/C9H13IO6P2/c10-8-3-1-2-7(6-8)4-5-9(17(11,12)13)18(14,15)16/h1-3,6,9H,4-5H2,(H2,11,12,13)(H2,14,15,16)/i10-2. The summed E-state index contributed by atoms with van der Waals surface area (Å²) in [5.74, 6) is 0. The number of hydrogen-bond donors (Lipinski definition) is 4. The number of benzene rings is 1. The van der Waals surface area contributed by atoms with E-state index in [0.29, 0.717) is 0 Å². The van der Waals surface area contributed by atoms with Gasteiger partial charge in [0.2, 0.25) is 0 Å². The first-order valence-electron chi connectivity index (χ1n) is 4.95. The van der Waals surface area contributed by atoms with Gasteiger partial charge in [0.15, 0.2) is 5.40 Å². The van der Waals surface area contributed by atoms with E-state index in [0.717, 1.165) is 9.13 Å². The molecule has 0 fully saturated rings. The molecule has 0 aromatic heterocycles. The lowest BCUT2D eigenvalue weighted by atomic mass is 10.1. The van der Waals surface area contributed by atoms with Gasteiger partial charge in [-0.15, -0.1) is 0 Å². The summed E-state index contributed by atoms with van der Waals surface area (Å²) in [5, 5.41) is -1.93. The molecular weight excluding hydrogens is 391 g/mol. The summed E-state index contributed by atoms with van der Waals surface area (Å²) in [7, 11) is -9.62. The monoisotopic (exact) mass is 404 g/mol. The maximum atomic E-state index is 11.1. The summed E-state index contributed by atoms with van der Waals surface area (Å²) >= 11 is 2.09. The maximum absolute atomic E-state index is 11.1. The molecule has 0 atom stereocenters. The van der Waals surface area contributed by atoms with Gasteiger partial charge in [0.1, 0.15) is 0 Å².